The normalized spacial score (nSPS) is 17.8. The molecule has 0 N–H and O–H groups in total. The van der Waals surface area contributed by atoms with E-state index in [0.29, 0.717) is 23.6 Å². The van der Waals surface area contributed by atoms with Crippen LogP contribution in [-0.4, -0.2) is 24.9 Å². The summed E-state index contributed by atoms with van der Waals surface area (Å²) >= 11 is 0. The Bertz CT molecular complexity index is 803. The van der Waals surface area contributed by atoms with Crippen LogP contribution in [0.25, 0.3) is 0 Å². The summed E-state index contributed by atoms with van der Waals surface area (Å²) in [5.74, 6) is -0.220. The minimum absolute atomic E-state index is 0.129. The van der Waals surface area contributed by atoms with Crippen LogP contribution in [-0.2, 0) is 4.84 Å². The Labute approximate surface area is 138 Å². The molecule has 0 amide bonds. The highest BCUT2D eigenvalue weighted by Crippen LogP contribution is 2.31. The Hall–Kier alpha value is -2.89. The van der Waals surface area contributed by atoms with Gasteiger partial charge in [-0.2, -0.15) is 0 Å². The molecule has 0 aromatic heterocycles. The van der Waals surface area contributed by atoms with E-state index < -0.39 is 11.8 Å². The number of oxime groups is 1. The first kappa shape index (κ1) is 16.0. The van der Waals surface area contributed by atoms with E-state index in [-0.39, 0.29) is 11.7 Å². The van der Waals surface area contributed by atoms with E-state index in [1.807, 2.05) is 6.92 Å². The number of hydrogen-bond acceptors (Lipinski definition) is 5. The smallest absolute Gasteiger partial charge is 0.368 e. The van der Waals surface area contributed by atoms with Gasteiger partial charge >= 0.3 is 5.97 Å². The maximum Gasteiger partial charge on any atom is 0.368 e. The van der Waals surface area contributed by atoms with E-state index in [1.54, 1.807) is 31.4 Å². The molecule has 0 saturated heterocycles. The van der Waals surface area contributed by atoms with Crippen molar-refractivity contribution in [2.45, 2.75) is 19.4 Å². The van der Waals surface area contributed by atoms with Gasteiger partial charge in [-0.15, -0.1) is 0 Å². The third-order valence-corrected chi connectivity index (χ3v) is 3.64. The zero-order valence-electron chi connectivity index (χ0n) is 13.3. The first-order valence-corrected chi connectivity index (χ1v) is 7.46. The average molecular weight is 329 g/mol. The van der Waals surface area contributed by atoms with Crippen molar-refractivity contribution in [3.05, 3.63) is 59.4 Å². The van der Waals surface area contributed by atoms with Gasteiger partial charge in [0.25, 0.3) is 0 Å². The van der Waals surface area contributed by atoms with Crippen molar-refractivity contribution in [3.63, 3.8) is 0 Å². The number of ether oxygens (including phenoxy) is 2. The van der Waals surface area contributed by atoms with Crippen LogP contribution >= 0.6 is 0 Å². The molecule has 24 heavy (non-hydrogen) atoms. The molecule has 0 bridgehead atoms. The molecule has 0 radical (unpaired) electrons. The van der Waals surface area contributed by atoms with Crippen molar-refractivity contribution < 1.29 is 23.5 Å². The third-order valence-electron chi connectivity index (χ3n) is 3.64. The molecule has 0 unspecified atom stereocenters. The lowest BCUT2D eigenvalue weighted by molar-refractivity contribution is 0.0507. The molecule has 6 heteroatoms. The molecule has 0 fully saturated rings. The number of carbonyl (C=O) groups is 1. The Morgan fingerprint density at radius 3 is 2.83 bits per heavy atom. The van der Waals surface area contributed by atoms with Crippen LogP contribution in [0.5, 0.6) is 11.5 Å². The first-order chi connectivity index (χ1) is 11.6. The van der Waals surface area contributed by atoms with E-state index in [1.165, 1.54) is 18.2 Å². The van der Waals surface area contributed by atoms with E-state index in [4.69, 9.17) is 14.3 Å². The second kappa shape index (κ2) is 6.70. The van der Waals surface area contributed by atoms with Crippen LogP contribution < -0.4 is 9.47 Å². The summed E-state index contributed by atoms with van der Waals surface area (Å²) in [5, 5.41) is 3.93. The van der Waals surface area contributed by atoms with Gasteiger partial charge in [-0.3, -0.25) is 0 Å². The lowest BCUT2D eigenvalue weighted by atomic mass is 10.0. The lowest BCUT2D eigenvalue weighted by Gasteiger charge is -2.24. The van der Waals surface area contributed by atoms with E-state index in [2.05, 4.69) is 5.16 Å². The molecule has 0 saturated carbocycles. The van der Waals surface area contributed by atoms with E-state index >= 15 is 0 Å². The van der Waals surface area contributed by atoms with Crippen molar-refractivity contribution in [2.24, 2.45) is 5.16 Å². The molecule has 0 aliphatic carbocycles. The molecule has 5 nitrogen and oxygen atoms in total. The predicted molar refractivity (Wildman–Crippen MR) is 86.1 cm³/mol. The molecule has 124 valence electrons. The van der Waals surface area contributed by atoms with Crippen molar-refractivity contribution in [1.29, 1.82) is 0 Å². The van der Waals surface area contributed by atoms with Gasteiger partial charge in [-0.1, -0.05) is 17.3 Å². The fraction of sp³-hybridized carbons (Fsp3) is 0.222. The predicted octanol–water partition coefficient (Wildman–Crippen LogP) is 3.57. The summed E-state index contributed by atoms with van der Waals surface area (Å²) in [6.07, 6.45) is 0.347. The maximum atomic E-state index is 13.6. The van der Waals surface area contributed by atoms with Crippen LogP contribution in [0.1, 0.15) is 29.3 Å². The van der Waals surface area contributed by atoms with Gasteiger partial charge in [0.15, 0.2) is 0 Å². The molecule has 1 heterocycles. The summed E-state index contributed by atoms with van der Waals surface area (Å²) in [4.78, 5) is 16.9. The number of rotatable bonds is 3. The molecule has 1 aliphatic heterocycles. The van der Waals surface area contributed by atoms with Crippen molar-refractivity contribution >= 4 is 11.7 Å². The zero-order chi connectivity index (χ0) is 17.1. The third kappa shape index (κ3) is 3.22. The number of halogens is 1. The van der Waals surface area contributed by atoms with Gasteiger partial charge in [0.05, 0.1) is 18.4 Å². The number of benzene rings is 2. The summed E-state index contributed by atoms with van der Waals surface area (Å²) in [7, 11) is 1.57. The van der Waals surface area contributed by atoms with E-state index in [0.717, 1.165) is 5.56 Å². The molecular weight excluding hydrogens is 313 g/mol. The van der Waals surface area contributed by atoms with Gasteiger partial charge in [0.2, 0.25) is 0 Å². The number of methoxy groups -OCH3 is 1. The minimum atomic E-state index is -0.838. The molecule has 3 rings (SSSR count). The average Bonchev–Trinajstić information content (AvgIpc) is 2.59. The Morgan fingerprint density at radius 1 is 1.29 bits per heavy atom. The number of hydrogen-bond donors (Lipinski definition) is 0. The summed E-state index contributed by atoms with van der Waals surface area (Å²) < 4.78 is 24.5. The topological polar surface area (TPSA) is 57.1 Å². The summed E-state index contributed by atoms with van der Waals surface area (Å²) in [6.45, 7) is 1.89. The van der Waals surface area contributed by atoms with E-state index in [9.17, 15) is 9.18 Å². The van der Waals surface area contributed by atoms with Crippen LogP contribution in [0.4, 0.5) is 4.39 Å². The molecule has 2 aromatic carbocycles. The number of nitrogens with zero attached hydrogens (tertiary/aromatic N) is 1. The second-order valence-electron chi connectivity index (χ2n) is 5.39. The van der Waals surface area contributed by atoms with Crippen molar-refractivity contribution in [3.8, 4) is 11.5 Å². The minimum Gasteiger partial charge on any atom is -0.497 e. The second-order valence-corrected chi connectivity index (χ2v) is 5.39. The summed E-state index contributed by atoms with van der Waals surface area (Å²) in [6, 6.07) is 10.9. The van der Waals surface area contributed by atoms with Crippen LogP contribution in [0.15, 0.2) is 47.6 Å². The fourth-order valence-corrected chi connectivity index (χ4v) is 2.47. The standard InChI is InChI=1S/C18H16FNO4/c1-11-9-16(14-8-7-12(22-2)10-17(14)23-11)20-24-18(21)13-5-3-4-6-15(13)19/h3-8,10-11H,9H2,1-2H3/b20-16+/t11-/m1/s1. The summed E-state index contributed by atoms with van der Waals surface area (Å²) in [5.41, 5.74) is 1.13. The van der Waals surface area contributed by atoms with Gasteiger partial charge in [0.1, 0.15) is 23.4 Å². The first-order valence-electron chi connectivity index (χ1n) is 7.46. The molecule has 1 aliphatic rings. The molecule has 1 atom stereocenters. The highest BCUT2D eigenvalue weighted by molar-refractivity contribution is 6.04. The number of fused-ring (bicyclic) bond motifs is 1. The highest BCUT2D eigenvalue weighted by atomic mass is 19.1. The van der Waals surface area contributed by atoms with Crippen molar-refractivity contribution in [2.75, 3.05) is 7.11 Å². The van der Waals surface area contributed by atoms with Crippen LogP contribution in [0.3, 0.4) is 0 Å². The van der Waals surface area contributed by atoms with Crippen LogP contribution in [0.2, 0.25) is 0 Å². The highest BCUT2D eigenvalue weighted by Gasteiger charge is 2.24. The quantitative estimate of drug-likeness (QED) is 0.638. The monoisotopic (exact) mass is 329 g/mol. The Morgan fingerprint density at radius 2 is 2.08 bits per heavy atom. The maximum absolute atomic E-state index is 13.6. The molecule has 2 aromatic rings. The zero-order valence-corrected chi connectivity index (χ0v) is 13.3. The SMILES string of the molecule is COc1ccc2c(c1)O[C@H](C)C/C2=N\OC(=O)c1ccccc1F. The van der Waals surface area contributed by atoms with Crippen molar-refractivity contribution in [1.82, 2.24) is 0 Å². The molecule has 0 spiro atoms. The Balaban J connectivity index is 1.86. The van der Waals surface area contributed by atoms with Gasteiger partial charge in [-0.05, 0) is 31.2 Å². The Kier molecular flexibility index (Phi) is 4.46. The van der Waals surface area contributed by atoms with Gasteiger partial charge in [0, 0.05) is 18.1 Å². The molecular formula is C18H16FNO4. The lowest BCUT2D eigenvalue weighted by Crippen LogP contribution is -2.25. The van der Waals surface area contributed by atoms with Gasteiger partial charge in [-0.25, -0.2) is 9.18 Å². The largest absolute Gasteiger partial charge is 0.497 e. The van der Waals surface area contributed by atoms with Gasteiger partial charge < -0.3 is 14.3 Å². The number of carbonyl (C=O) groups excluding carboxylic acids is 1. The van der Waals surface area contributed by atoms with Crippen LogP contribution in [0, 0.1) is 5.82 Å². The fourth-order valence-electron chi connectivity index (χ4n) is 2.47.